The number of hydrogen-bond acceptors (Lipinski definition) is 4. The van der Waals surface area contributed by atoms with Crippen LogP contribution in [0.25, 0.3) is 10.9 Å². The van der Waals surface area contributed by atoms with Crippen molar-refractivity contribution in [1.82, 2.24) is 9.29 Å². The number of pyridine rings is 1. The number of sulfonamides is 1. The first-order valence-corrected chi connectivity index (χ1v) is 13.3. The Hall–Kier alpha value is -2.48. The molecule has 0 radical (unpaired) electrons. The first kappa shape index (κ1) is 24.6. The summed E-state index contributed by atoms with van der Waals surface area (Å²) >= 11 is 0. The van der Waals surface area contributed by atoms with E-state index in [1.54, 1.807) is 18.2 Å². The Balaban J connectivity index is 1.72. The molecule has 1 N–H and O–H groups in total. The fourth-order valence-electron chi connectivity index (χ4n) is 4.42. The molecule has 0 unspecified atom stereocenters. The Morgan fingerprint density at radius 1 is 1.09 bits per heavy atom. The van der Waals surface area contributed by atoms with Crippen LogP contribution in [0.5, 0.6) is 0 Å². The van der Waals surface area contributed by atoms with Gasteiger partial charge >= 0.3 is 0 Å². The molecule has 7 heteroatoms. The van der Waals surface area contributed by atoms with Crippen molar-refractivity contribution < 1.29 is 13.2 Å². The number of benzene rings is 2. The summed E-state index contributed by atoms with van der Waals surface area (Å²) in [7, 11) is -3.83. The largest absolute Gasteiger partial charge is 0.377 e. The van der Waals surface area contributed by atoms with Crippen LogP contribution in [-0.4, -0.2) is 37.0 Å². The van der Waals surface area contributed by atoms with Crippen LogP contribution in [0.2, 0.25) is 0 Å². The number of H-pyrrole nitrogens is 1. The quantitative estimate of drug-likeness (QED) is 0.547. The average molecular weight is 483 g/mol. The van der Waals surface area contributed by atoms with Crippen molar-refractivity contribution in [3.63, 3.8) is 0 Å². The Kier molecular flexibility index (Phi) is 6.73. The second-order valence-electron chi connectivity index (χ2n) is 10.3. The van der Waals surface area contributed by atoms with Crippen molar-refractivity contribution in [1.29, 1.82) is 0 Å². The summed E-state index contributed by atoms with van der Waals surface area (Å²) in [4.78, 5) is 16.2. The van der Waals surface area contributed by atoms with Crippen molar-refractivity contribution in [2.75, 3.05) is 13.2 Å². The first-order chi connectivity index (χ1) is 16.0. The van der Waals surface area contributed by atoms with E-state index in [1.807, 2.05) is 38.1 Å². The predicted octanol–water partition coefficient (Wildman–Crippen LogP) is 4.81. The maximum absolute atomic E-state index is 13.7. The highest BCUT2D eigenvalue weighted by Gasteiger charge is 2.30. The van der Waals surface area contributed by atoms with Gasteiger partial charge < -0.3 is 9.72 Å². The van der Waals surface area contributed by atoms with Gasteiger partial charge in [-0.25, -0.2) is 8.42 Å². The molecule has 1 atom stereocenters. The molecule has 2 heterocycles. The van der Waals surface area contributed by atoms with Gasteiger partial charge in [0.1, 0.15) is 0 Å². The van der Waals surface area contributed by atoms with Crippen molar-refractivity contribution in [3.05, 3.63) is 75.1 Å². The van der Waals surface area contributed by atoms with Crippen LogP contribution in [0.3, 0.4) is 0 Å². The molecule has 0 spiro atoms. The summed E-state index contributed by atoms with van der Waals surface area (Å²) in [6.07, 6.45) is 1.54. The van der Waals surface area contributed by atoms with Gasteiger partial charge in [-0.1, -0.05) is 45.0 Å². The number of aryl methyl sites for hydroxylation is 2. The fraction of sp³-hybridized carbons (Fsp3) is 0.444. The maximum atomic E-state index is 13.7. The van der Waals surface area contributed by atoms with Crippen LogP contribution in [0.15, 0.2) is 52.2 Å². The third-order valence-electron chi connectivity index (χ3n) is 6.76. The normalized spacial score (nSPS) is 17.1. The monoisotopic (exact) mass is 482 g/mol. The Morgan fingerprint density at radius 3 is 2.41 bits per heavy atom. The minimum Gasteiger partial charge on any atom is -0.377 e. The van der Waals surface area contributed by atoms with E-state index in [-0.39, 0.29) is 35.1 Å². The van der Waals surface area contributed by atoms with Gasteiger partial charge in [0, 0.05) is 25.3 Å². The highest BCUT2D eigenvalue weighted by atomic mass is 32.2. The Bertz CT molecular complexity index is 1350. The molecular formula is C27H34N2O4S. The summed E-state index contributed by atoms with van der Waals surface area (Å²) in [6, 6.07) is 12.8. The van der Waals surface area contributed by atoms with Gasteiger partial charge in [-0.05, 0) is 72.4 Å². The van der Waals surface area contributed by atoms with Gasteiger partial charge in [0.25, 0.3) is 5.56 Å². The summed E-state index contributed by atoms with van der Waals surface area (Å²) in [5, 5.41) is 0.890. The zero-order valence-corrected chi connectivity index (χ0v) is 21.5. The molecule has 1 saturated heterocycles. The van der Waals surface area contributed by atoms with Crippen LogP contribution in [-0.2, 0) is 26.7 Å². The molecular weight excluding hydrogens is 448 g/mol. The lowest BCUT2D eigenvalue weighted by atomic mass is 9.87. The van der Waals surface area contributed by atoms with Gasteiger partial charge in [0.15, 0.2) is 0 Å². The molecule has 6 nitrogen and oxygen atoms in total. The first-order valence-electron chi connectivity index (χ1n) is 11.8. The minimum atomic E-state index is -3.83. The summed E-state index contributed by atoms with van der Waals surface area (Å²) in [5.74, 6) is 0. The van der Waals surface area contributed by atoms with E-state index in [0.29, 0.717) is 12.2 Å². The van der Waals surface area contributed by atoms with Gasteiger partial charge in [-0.3, -0.25) is 4.79 Å². The number of ether oxygens (including phenoxy) is 1. The minimum absolute atomic E-state index is 0.0125. The molecule has 3 aromatic rings. The number of rotatable bonds is 6. The SMILES string of the molecule is Cc1ccc2cc(CN(C[C@@H]3CCCO3)S(=O)(=O)c3ccc(C(C)(C)C)cc3)c(=O)[nH]c2c1C. The number of nitrogens with one attached hydrogen (secondary N) is 1. The smallest absolute Gasteiger partial charge is 0.252 e. The van der Waals surface area contributed by atoms with Crippen LogP contribution >= 0.6 is 0 Å². The molecule has 1 aromatic heterocycles. The molecule has 1 fully saturated rings. The maximum Gasteiger partial charge on any atom is 0.252 e. The van der Waals surface area contributed by atoms with Crippen molar-refractivity contribution in [2.24, 2.45) is 0 Å². The highest BCUT2D eigenvalue weighted by molar-refractivity contribution is 7.89. The lowest BCUT2D eigenvalue weighted by Gasteiger charge is -2.25. The van der Waals surface area contributed by atoms with Gasteiger partial charge in [-0.2, -0.15) is 4.31 Å². The molecule has 0 amide bonds. The van der Waals surface area contributed by atoms with Gasteiger partial charge in [-0.15, -0.1) is 0 Å². The summed E-state index contributed by atoms with van der Waals surface area (Å²) in [6.45, 7) is 11.1. The van der Waals surface area contributed by atoms with Crippen molar-refractivity contribution >= 4 is 20.9 Å². The van der Waals surface area contributed by atoms with E-state index in [4.69, 9.17) is 4.74 Å². The van der Waals surface area contributed by atoms with Crippen molar-refractivity contribution in [3.8, 4) is 0 Å². The van der Waals surface area contributed by atoms with Gasteiger partial charge in [0.2, 0.25) is 10.0 Å². The second kappa shape index (κ2) is 9.29. The zero-order valence-electron chi connectivity index (χ0n) is 20.6. The number of fused-ring (bicyclic) bond motifs is 1. The second-order valence-corrected chi connectivity index (χ2v) is 12.2. The Morgan fingerprint density at radius 2 is 1.79 bits per heavy atom. The predicted molar refractivity (Wildman–Crippen MR) is 136 cm³/mol. The van der Waals surface area contributed by atoms with E-state index >= 15 is 0 Å². The highest BCUT2D eigenvalue weighted by Crippen LogP contribution is 2.27. The van der Waals surface area contributed by atoms with E-state index in [2.05, 4.69) is 25.8 Å². The van der Waals surface area contributed by atoms with Crippen molar-refractivity contribution in [2.45, 2.75) is 70.4 Å². The number of aromatic nitrogens is 1. The topological polar surface area (TPSA) is 79.5 Å². The summed E-state index contributed by atoms with van der Waals surface area (Å²) in [5.41, 5.74) is 4.05. The molecule has 182 valence electrons. The van der Waals surface area contributed by atoms with Gasteiger partial charge in [0.05, 0.1) is 16.5 Å². The standard InChI is InChI=1S/C27H34N2O4S/c1-18-8-9-20-15-21(26(30)28-25(20)19(18)2)16-29(17-23-7-6-14-33-23)34(31,32)24-12-10-22(11-13-24)27(3,4)5/h8-13,15,23H,6-7,14,16-17H2,1-5H3,(H,28,30)/t23-/m0/s1. The molecule has 0 saturated carbocycles. The zero-order chi connectivity index (χ0) is 24.7. The van der Waals surface area contributed by atoms with Crippen LogP contribution in [0.1, 0.15) is 55.9 Å². The van der Waals surface area contributed by atoms with Crippen LogP contribution in [0, 0.1) is 13.8 Å². The fourth-order valence-corrected chi connectivity index (χ4v) is 5.87. The van der Waals surface area contributed by atoms with E-state index < -0.39 is 10.0 Å². The van der Waals surface area contributed by atoms with Crippen LogP contribution < -0.4 is 5.56 Å². The molecule has 0 bridgehead atoms. The van der Waals surface area contributed by atoms with E-state index in [0.717, 1.165) is 40.4 Å². The lowest BCUT2D eigenvalue weighted by Crippen LogP contribution is -2.38. The molecule has 0 aliphatic carbocycles. The summed E-state index contributed by atoms with van der Waals surface area (Å²) < 4.78 is 34.6. The number of nitrogens with zero attached hydrogens (tertiary/aromatic N) is 1. The average Bonchev–Trinajstić information content (AvgIpc) is 3.30. The third kappa shape index (κ3) is 4.97. The third-order valence-corrected chi connectivity index (χ3v) is 8.59. The number of hydrogen-bond donors (Lipinski definition) is 1. The molecule has 4 rings (SSSR count). The van der Waals surface area contributed by atoms with Crippen LogP contribution in [0.4, 0.5) is 0 Å². The molecule has 1 aliphatic heterocycles. The Labute approximate surface area is 202 Å². The molecule has 1 aliphatic rings. The number of aromatic amines is 1. The van der Waals surface area contributed by atoms with E-state index in [1.165, 1.54) is 4.31 Å². The molecule has 2 aromatic carbocycles. The van der Waals surface area contributed by atoms with E-state index in [9.17, 15) is 13.2 Å². The molecule has 34 heavy (non-hydrogen) atoms. The lowest BCUT2D eigenvalue weighted by molar-refractivity contribution is 0.0925.